The second kappa shape index (κ2) is 4.34. The Labute approximate surface area is 113 Å². The molecule has 3 heteroatoms. The van der Waals surface area contributed by atoms with E-state index in [9.17, 15) is 0 Å². The molecule has 0 radical (unpaired) electrons. The van der Waals surface area contributed by atoms with Crippen LogP contribution >= 0.6 is 0 Å². The third kappa shape index (κ3) is 2.33. The van der Waals surface area contributed by atoms with E-state index in [0.29, 0.717) is 11.8 Å². The summed E-state index contributed by atoms with van der Waals surface area (Å²) >= 11 is 0. The minimum absolute atomic E-state index is 0.111. The molecular formula is C16H18N2O. The molecule has 2 aromatic rings. The number of aryl methyl sites for hydroxylation is 2. The van der Waals surface area contributed by atoms with Crippen molar-refractivity contribution < 1.29 is 4.74 Å². The lowest BCUT2D eigenvalue weighted by molar-refractivity contribution is 0.439. The fraction of sp³-hybridized carbons (Fsp3) is 0.375. The van der Waals surface area contributed by atoms with E-state index in [0.717, 1.165) is 18.4 Å². The van der Waals surface area contributed by atoms with E-state index in [1.54, 1.807) is 6.20 Å². The van der Waals surface area contributed by atoms with Crippen molar-refractivity contribution in [3.8, 4) is 11.8 Å². The summed E-state index contributed by atoms with van der Waals surface area (Å²) in [5, 5.41) is 0. The summed E-state index contributed by atoms with van der Waals surface area (Å²) < 4.78 is 5.85. The van der Waals surface area contributed by atoms with Gasteiger partial charge in [0.05, 0.1) is 0 Å². The van der Waals surface area contributed by atoms with Crippen LogP contribution in [0.5, 0.6) is 11.8 Å². The monoisotopic (exact) mass is 254 g/mol. The Morgan fingerprint density at radius 3 is 2.58 bits per heavy atom. The third-order valence-corrected chi connectivity index (χ3v) is 3.50. The van der Waals surface area contributed by atoms with Crippen LogP contribution in [0.25, 0.3) is 0 Å². The lowest BCUT2D eigenvalue weighted by atomic mass is 9.87. The first-order valence-electron chi connectivity index (χ1n) is 6.65. The molecule has 2 aromatic heterocycles. The highest BCUT2D eigenvalue weighted by atomic mass is 16.5. The van der Waals surface area contributed by atoms with Crippen LogP contribution in [0.15, 0.2) is 30.6 Å². The number of pyridine rings is 2. The van der Waals surface area contributed by atoms with Gasteiger partial charge in [-0.3, -0.25) is 0 Å². The summed E-state index contributed by atoms with van der Waals surface area (Å²) in [5.74, 6) is 1.39. The Balaban J connectivity index is 2.02. The van der Waals surface area contributed by atoms with Gasteiger partial charge in [0.25, 0.3) is 0 Å². The number of hydrogen-bond acceptors (Lipinski definition) is 3. The second-order valence-electron chi connectivity index (χ2n) is 6.01. The predicted molar refractivity (Wildman–Crippen MR) is 74.7 cm³/mol. The Morgan fingerprint density at radius 2 is 1.79 bits per heavy atom. The molecule has 0 unspecified atom stereocenters. The van der Waals surface area contributed by atoms with E-state index in [4.69, 9.17) is 4.74 Å². The number of fused-ring (bicyclic) bond motifs is 2. The van der Waals surface area contributed by atoms with E-state index in [-0.39, 0.29) is 5.41 Å². The van der Waals surface area contributed by atoms with Gasteiger partial charge in [-0.1, -0.05) is 26.8 Å². The summed E-state index contributed by atoms with van der Waals surface area (Å²) in [6, 6.07) is 6.24. The minimum atomic E-state index is 0.111. The van der Waals surface area contributed by atoms with E-state index in [2.05, 4.69) is 42.9 Å². The maximum absolute atomic E-state index is 5.85. The molecule has 0 aliphatic carbocycles. The number of ether oxygens (including phenoxy) is 1. The van der Waals surface area contributed by atoms with Gasteiger partial charge in [-0.25, -0.2) is 9.97 Å². The smallest absolute Gasteiger partial charge is 0.224 e. The molecule has 3 heterocycles. The summed E-state index contributed by atoms with van der Waals surface area (Å²) in [5.41, 5.74) is 3.68. The van der Waals surface area contributed by atoms with E-state index in [1.807, 2.05) is 12.3 Å². The van der Waals surface area contributed by atoms with Gasteiger partial charge in [0.1, 0.15) is 0 Å². The van der Waals surface area contributed by atoms with Gasteiger partial charge < -0.3 is 4.74 Å². The lowest BCUT2D eigenvalue weighted by Crippen LogP contribution is -2.12. The quantitative estimate of drug-likeness (QED) is 0.719. The van der Waals surface area contributed by atoms with Crippen molar-refractivity contribution in [2.24, 2.45) is 0 Å². The molecule has 0 atom stereocenters. The molecule has 19 heavy (non-hydrogen) atoms. The second-order valence-corrected chi connectivity index (χ2v) is 6.01. The summed E-state index contributed by atoms with van der Waals surface area (Å²) in [4.78, 5) is 8.77. The van der Waals surface area contributed by atoms with Crippen LogP contribution in [0.2, 0.25) is 0 Å². The molecule has 1 aliphatic heterocycles. The van der Waals surface area contributed by atoms with Crippen molar-refractivity contribution in [2.45, 2.75) is 39.0 Å². The number of hydrogen-bond donors (Lipinski definition) is 0. The van der Waals surface area contributed by atoms with Crippen LogP contribution < -0.4 is 4.74 Å². The van der Waals surface area contributed by atoms with Crippen molar-refractivity contribution in [3.05, 3.63) is 47.3 Å². The van der Waals surface area contributed by atoms with E-state index >= 15 is 0 Å². The molecular weight excluding hydrogens is 236 g/mol. The average molecular weight is 254 g/mol. The third-order valence-electron chi connectivity index (χ3n) is 3.50. The highest BCUT2D eigenvalue weighted by Gasteiger charge is 2.20. The zero-order valence-electron chi connectivity index (χ0n) is 11.6. The number of nitrogens with zero attached hydrogens (tertiary/aromatic N) is 2. The molecule has 0 saturated carbocycles. The van der Waals surface area contributed by atoms with Crippen LogP contribution in [0.3, 0.4) is 0 Å². The van der Waals surface area contributed by atoms with Crippen molar-refractivity contribution >= 4 is 0 Å². The van der Waals surface area contributed by atoms with Crippen molar-refractivity contribution in [3.63, 3.8) is 0 Å². The molecule has 98 valence electrons. The van der Waals surface area contributed by atoms with Gasteiger partial charge in [0.15, 0.2) is 0 Å². The Morgan fingerprint density at radius 1 is 1.05 bits per heavy atom. The normalized spacial score (nSPS) is 14.1. The van der Waals surface area contributed by atoms with E-state index < -0.39 is 0 Å². The predicted octanol–water partition coefficient (Wildman–Crippen LogP) is 3.67. The molecule has 1 aliphatic rings. The molecule has 3 rings (SSSR count). The summed E-state index contributed by atoms with van der Waals surface area (Å²) in [7, 11) is 0. The largest absolute Gasteiger partial charge is 0.420 e. The van der Waals surface area contributed by atoms with Crippen LogP contribution in [-0.4, -0.2) is 9.97 Å². The first-order chi connectivity index (χ1) is 9.04. The Hall–Kier alpha value is -1.90. The van der Waals surface area contributed by atoms with Crippen molar-refractivity contribution in [1.29, 1.82) is 0 Å². The highest BCUT2D eigenvalue weighted by molar-refractivity contribution is 5.40. The van der Waals surface area contributed by atoms with Crippen LogP contribution in [0, 0.1) is 0 Å². The number of aromatic nitrogens is 2. The van der Waals surface area contributed by atoms with Gasteiger partial charge in [-0.2, -0.15) is 0 Å². The van der Waals surface area contributed by atoms with Gasteiger partial charge in [-0.05, 0) is 36.0 Å². The van der Waals surface area contributed by atoms with E-state index in [1.165, 1.54) is 11.1 Å². The topological polar surface area (TPSA) is 35.0 Å². The maximum Gasteiger partial charge on any atom is 0.224 e. The van der Waals surface area contributed by atoms with Crippen LogP contribution in [0.4, 0.5) is 0 Å². The maximum atomic E-state index is 5.85. The molecule has 0 N–H and O–H groups in total. The standard InChI is InChI=1S/C16H18N2O/c1-16(2,3)13-9-12-7-6-11-5-4-8-17-14(11)19-15(12)18-10-13/h4-5,8-10H,6-7H2,1-3H3. The summed E-state index contributed by atoms with van der Waals surface area (Å²) in [6.45, 7) is 6.60. The average Bonchev–Trinajstić information content (AvgIpc) is 2.55. The number of rotatable bonds is 0. The van der Waals surface area contributed by atoms with Crippen LogP contribution in [0.1, 0.15) is 37.5 Å². The fourth-order valence-corrected chi connectivity index (χ4v) is 2.25. The minimum Gasteiger partial charge on any atom is -0.420 e. The first kappa shape index (κ1) is 12.2. The SMILES string of the molecule is CC(C)(C)c1cnc2c(c1)CCc1cccnc1O2. The molecule has 0 spiro atoms. The first-order valence-corrected chi connectivity index (χ1v) is 6.65. The fourth-order valence-electron chi connectivity index (χ4n) is 2.25. The highest BCUT2D eigenvalue weighted by Crippen LogP contribution is 2.33. The molecule has 0 fully saturated rings. The van der Waals surface area contributed by atoms with Gasteiger partial charge in [-0.15, -0.1) is 0 Å². The van der Waals surface area contributed by atoms with Crippen molar-refractivity contribution in [1.82, 2.24) is 9.97 Å². The molecule has 0 aromatic carbocycles. The van der Waals surface area contributed by atoms with Crippen LogP contribution in [-0.2, 0) is 18.3 Å². The van der Waals surface area contributed by atoms with Gasteiger partial charge in [0.2, 0.25) is 11.8 Å². The lowest BCUT2D eigenvalue weighted by Gasteiger charge is -2.19. The molecule has 0 bridgehead atoms. The molecule has 3 nitrogen and oxygen atoms in total. The zero-order valence-corrected chi connectivity index (χ0v) is 11.6. The van der Waals surface area contributed by atoms with Gasteiger partial charge in [0, 0.05) is 23.5 Å². The molecule has 0 amide bonds. The van der Waals surface area contributed by atoms with Gasteiger partial charge >= 0.3 is 0 Å². The summed E-state index contributed by atoms with van der Waals surface area (Å²) in [6.07, 6.45) is 5.57. The molecule has 0 saturated heterocycles. The zero-order chi connectivity index (χ0) is 13.5. The van der Waals surface area contributed by atoms with Crippen molar-refractivity contribution in [2.75, 3.05) is 0 Å². The Bertz CT molecular complexity index is 614. The Kier molecular flexibility index (Phi) is 2.77.